The van der Waals surface area contributed by atoms with Crippen molar-refractivity contribution in [3.8, 4) is 0 Å². The van der Waals surface area contributed by atoms with Gasteiger partial charge in [0.1, 0.15) is 0 Å². The summed E-state index contributed by atoms with van der Waals surface area (Å²) in [6, 6.07) is 5.35. The number of hydrogen-bond acceptors (Lipinski definition) is 3. The zero-order valence-corrected chi connectivity index (χ0v) is 9.00. The van der Waals surface area contributed by atoms with Crippen molar-refractivity contribution in [2.45, 2.75) is 6.42 Å². The van der Waals surface area contributed by atoms with E-state index in [1.807, 2.05) is 6.07 Å². The Kier molecular flexibility index (Phi) is 2.96. The van der Waals surface area contributed by atoms with Gasteiger partial charge in [-0.1, -0.05) is 6.07 Å². The first-order valence-electron chi connectivity index (χ1n) is 4.70. The molecule has 0 atom stereocenters. The molecule has 2 rings (SSSR count). The third-order valence-corrected chi connectivity index (χ3v) is 2.29. The number of amides is 1. The van der Waals surface area contributed by atoms with Gasteiger partial charge in [0.15, 0.2) is 5.58 Å². The van der Waals surface area contributed by atoms with Crippen LogP contribution in [-0.4, -0.2) is 16.9 Å². The SMILES string of the molecule is O=C(Cl)NCCc1ccc2oc(=O)[nH]c2c1. The van der Waals surface area contributed by atoms with E-state index in [0.717, 1.165) is 5.56 Å². The smallest absolute Gasteiger partial charge is 0.408 e. The van der Waals surface area contributed by atoms with Crippen molar-refractivity contribution in [2.75, 3.05) is 6.54 Å². The van der Waals surface area contributed by atoms with Crippen molar-refractivity contribution < 1.29 is 9.21 Å². The number of aromatic amines is 1. The maximum Gasteiger partial charge on any atom is 0.417 e. The van der Waals surface area contributed by atoms with E-state index < -0.39 is 11.1 Å². The average Bonchev–Trinajstić information content (AvgIpc) is 2.56. The fraction of sp³-hybridized carbons (Fsp3) is 0.200. The van der Waals surface area contributed by atoms with Gasteiger partial charge >= 0.3 is 11.1 Å². The number of rotatable bonds is 3. The number of carbonyl (C=O) groups is 1. The Morgan fingerprint density at radius 2 is 2.31 bits per heavy atom. The standard InChI is InChI=1S/C10H9ClN2O3/c11-9(14)12-4-3-6-1-2-8-7(5-6)13-10(15)16-8/h1-2,5H,3-4H2,(H,12,14)(H,13,15). The number of aromatic nitrogens is 1. The molecule has 6 heteroatoms. The lowest BCUT2D eigenvalue weighted by molar-refractivity contribution is 0.260. The summed E-state index contributed by atoms with van der Waals surface area (Å²) in [4.78, 5) is 23.9. The zero-order chi connectivity index (χ0) is 11.5. The van der Waals surface area contributed by atoms with Crippen molar-refractivity contribution in [2.24, 2.45) is 0 Å². The van der Waals surface area contributed by atoms with Crippen LogP contribution < -0.4 is 11.1 Å². The van der Waals surface area contributed by atoms with Gasteiger partial charge in [-0.2, -0.15) is 0 Å². The van der Waals surface area contributed by atoms with Crippen LogP contribution in [0, 0.1) is 0 Å². The number of carbonyl (C=O) groups excluding carboxylic acids is 1. The minimum absolute atomic E-state index is 0.454. The van der Waals surface area contributed by atoms with Crippen molar-refractivity contribution in [1.82, 2.24) is 10.3 Å². The highest BCUT2D eigenvalue weighted by Gasteiger charge is 2.02. The molecule has 0 aliphatic carbocycles. The zero-order valence-electron chi connectivity index (χ0n) is 8.25. The Bertz CT molecular complexity index is 573. The number of H-pyrrole nitrogens is 1. The highest BCUT2D eigenvalue weighted by molar-refractivity contribution is 6.62. The van der Waals surface area contributed by atoms with E-state index >= 15 is 0 Å². The molecular weight excluding hydrogens is 232 g/mol. The first-order valence-corrected chi connectivity index (χ1v) is 5.08. The molecule has 5 nitrogen and oxygen atoms in total. The van der Waals surface area contributed by atoms with Gasteiger partial charge in [0.25, 0.3) is 0 Å². The number of nitrogens with one attached hydrogen (secondary N) is 2. The molecular formula is C10H9ClN2O3. The highest BCUT2D eigenvalue weighted by atomic mass is 35.5. The maximum absolute atomic E-state index is 10.9. The molecule has 84 valence electrons. The van der Waals surface area contributed by atoms with Crippen molar-refractivity contribution in [1.29, 1.82) is 0 Å². The molecule has 1 aromatic carbocycles. The molecule has 1 aromatic heterocycles. The maximum atomic E-state index is 10.9. The van der Waals surface area contributed by atoms with Gasteiger partial charge in [0.2, 0.25) is 0 Å². The molecule has 16 heavy (non-hydrogen) atoms. The number of oxazole rings is 1. The Balaban J connectivity index is 2.13. The second-order valence-corrected chi connectivity index (χ2v) is 3.64. The van der Waals surface area contributed by atoms with E-state index in [9.17, 15) is 9.59 Å². The van der Waals surface area contributed by atoms with Crippen molar-refractivity contribution in [3.63, 3.8) is 0 Å². The summed E-state index contributed by atoms with van der Waals surface area (Å²) in [5.41, 5.74) is 2.16. The minimum atomic E-state index is -0.571. The second-order valence-electron chi connectivity index (χ2n) is 3.30. The summed E-state index contributed by atoms with van der Waals surface area (Å²) < 4.78 is 4.86. The molecule has 0 saturated carbocycles. The first kappa shape index (κ1) is 10.8. The van der Waals surface area contributed by atoms with Gasteiger partial charge in [0.05, 0.1) is 5.52 Å². The fourth-order valence-electron chi connectivity index (χ4n) is 1.46. The van der Waals surface area contributed by atoms with E-state index in [1.165, 1.54) is 0 Å². The number of halogens is 1. The molecule has 0 spiro atoms. The second kappa shape index (κ2) is 4.40. The molecule has 2 aromatic rings. The van der Waals surface area contributed by atoms with Crippen molar-refractivity contribution >= 4 is 28.1 Å². The third kappa shape index (κ3) is 2.43. The monoisotopic (exact) mass is 240 g/mol. The predicted molar refractivity (Wildman–Crippen MR) is 59.8 cm³/mol. The van der Waals surface area contributed by atoms with E-state index in [4.69, 9.17) is 16.0 Å². The van der Waals surface area contributed by atoms with Crippen LogP contribution in [-0.2, 0) is 6.42 Å². The molecule has 0 fully saturated rings. The quantitative estimate of drug-likeness (QED) is 0.632. The summed E-state index contributed by atoms with van der Waals surface area (Å²) in [7, 11) is 0. The molecule has 0 aliphatic rings. The molecule has 0 saturated heterocycles. The molecule has 2 N–H and O–H groups in total. The van der Waals surface area contributed by atoms with Crippen LogP contribution in [0.5, 0.6) is 0 Å². The van der Waals surface area contributed by atoms with E-state index in [1.54, 1.807) is 12.1 Å². The minimum Gasteiger partial charge on any atom is -0.408 e. The van der Waals surface area contributed by atoms with Crippen LogP contribution >= 0.6 is 11.6 Å². The Morgan fingerprint density at radius 3 is 3.06 bits per heavy atom. The third-order valence-electron chi connectivity index (χ3n) is 2.16. The Morgan fingerprint density at radius 1 is 1.50 bits per heavy atom. The lowest BCUT2D eigenvalue weighted by atomic mass is 10.1. The Hall–Kier alpha value is -1.75. The van der Waals surface area contributed by atoms with Gasteiger partial charge < -0.3 is 9.73 Å². The average molecular weight is 241 g/mol. The highest BCUT2D eigenvalue weighted by Crippen LogP contribution is 2.12. The number of hydrogen-bond donors (Lipinski definition) is 2. The summed E-state index contributed by atoms with van der Waals surface area (Å²) in [5, 5.41) is 1.91. The van der Waals surface area contributed by atoms with Crippen LogP contribution in [0.1, 0.15) is 5.56 Å². The van der Waals surface area contributed by atoms with E-state index in [0.29, 0.717) is 24.1 Å². The molecule has 0 unspecified atom stereocenters. The molecule has 0 radical (unpaired) electrons. The van der Waals surface area contributed by atoms with Crippen LogP contribution in [0.4, 0.5) is 4.79 Å². The van der Waals surface area contributed by atoms with Gasteiger partial charge in [-0.25, -0.2) is 4.79 Å². The topological polar surface area (TPSA) is 75.1 Å². The van der Waals surface area contributed by atoms with E-state index in [2.05, 4.69) is 10.3 Å². The summed E-state index contributed by atoms with van der Waals surface area (Å²) in [5.74, 6) is -0.471. The van der Waals surface area contributed by atoms with Crippen LogP contribution in [0.3, 0.4) is 0 Å². The van der Waals surface area contributed by atoms with Crippen LogP contribution in [0.15, 0.2) is 27.4 Å². The molecule has 1 heterocycles. The van der Waals surface area contributed by atoms with Crippen molar-refractivity contribution in [3.05, 3.63) is 34.3 Å². The number of fused-ring (bicyclic) bond motifs is 1. The fourth-order valence-corrected chi connectivity index (χ4v) is 1.55. The summed E-state index contributed by atoms with van der Waals surface area (Å²) in [6.07, 6.45) is 0.640. The van der Waals surface area contributed by atoms with Crippen LogP contribution in [0.2, 0.25) is 0 Å². The van der Waals surface area contributed by atoms with Crippen LogP contribution in [0.25, 0.3) is 11.1 Å². The largest absolute Gasteiger partial charge is 0.417 e. The van der Waals surface area contributed by atoms with Gasteiger partial charge in [-0.15, -0.1) is 0 Å². The number of benzene rings is 1. The Labute approximate surface area is 95.4 Å². The molecule has 1 amide bonds. The van der Waals surface area contributed by atoms with Gasteiger partial charge in [-0.05, 0) is 35.7 Å². The normalized spacial score (nSPS) is 10.6. The summed E-state index contributed by atoms with van der Waals surface area (Å²) in [6.45, 7) is 0.454. The molecule has 0 aliphatic heterocycles. The van der Waals surface area contributed by atoms with Gasteiger partial charge in [0, 0.05) is 6.54 Å². The predicted octanol–water partition coefficient (Wildman–Crippen LogP) is 1.61. The lowest BCUT2D eigenvalue weighted by Gasteiger charge is -2.00. The van der Waals surface area contributed by atoms with E-state index in [-0.39, 0.29) is 0 Å². The summed E-state index contributed by atoms with van der Waals surface area (Å²) >= 11 is 5.13. The molecule has 0 bridgehead atoms. The first-order chi connectivity index (χ1) is 7.65. The lowest BCUT2D eigenvalue weighted by Crippen LogP contribution is -2.19. The van der Waals surface area contributed by atoms with Gasteiger partial charge in [-0.3, -0.25) is 9.78 Å².